The zero-order valence-corrected chi connectivity index (χ0v) is 8.22. The summed E-state index contributed by atoms with van der Waals surface area (Å²) in [5.74, 6) is 1.06. The molecule has 0 spiro atoms. The molecule has 6 heteroatoms. The molecule has 1 aliphatic carbocycles. The van der Waals surface area contributed by atoms with Crippen LogP contribution in [0.2, 0.25) is 0 Å². The molecule has 0 radical (unpaired) electrons. The number of nitrogens with one attached hydrogen (secondary N) is 1. The maximum Gasteiger partial charge on any atom is 0.242 e. The quantitative estimate of drug-likeness (QED) is 0.698. The number of anilines is 1. The Bertz CT molecular complexity index is 296. The molecule has 1 aromatic rings. The number of nitrogens with zero attached hydrogens (tertiary/aromatic N) is 4. The van der Waals surface area contributed by atoms with E-state index in [1.54, 1.807) is 11.7 Å². The molecular formula is C8H15N5O. The van der Waals surface area contributed by atoms with Crippen molar-refractivity contribution in [2.75, 3.05) is 11.9 Å². The van der Waals surface area contributed by atoms with Crippen LogP contribution in [-0.2, 0) is 7.05 Å². The number of aromatic nitrogens is 4. The van der Waals surface area contributed by atoms with E-state index in [0.717, 1.165) is 12.8 Å². The number of rotatable bonds is 4. The zero-order chi connectivity index (χ0) is 9.97. The summed E-state index contributed by atoms with van der Waals surface area (Å²) < 4.78 is 1.55. The van der Waals surface area contributed by atoms with Gasteiger partial charge >= 0.3 is 0 Å². The van der Waals surface area contributed by atoms with E-state index in [1.165, 1.54) is 6.42 Å². The molecule has 1 atom stereocenters. The van der Waals surface area contributed by atoms with Crippen molar-refractivity contribution in [2.24, 2.45) is 13.0 Å². The Balaban J connectivity index is 1.79. The van der Waals surface area contributed by atoms with Crippen LogP contribution in [0.5, 0.6) is 0 Å². The van der Waals surface area contributed by atoms with E-state index < -0.39 is 0 Å². The Labute approximate surface area is 82.3 Å². The van der Waals surface area contributed by atoms with Crippen molar-refractivity contribution in [3.8, 4) is 0 Å². The molecule has 2 N–H and O–H groups in total. The van der Waals surface area contributed by atoms with Crippen molar-refractivity contribution in [1.29, 1.82) is 0 Å². The molecule has 1 saturated carbocycles. The minimum atomic E-state index is -0.277. The summed E-state index contributed by atoms with van der Waals surface area (Å²) in [6.45, 7) is 0.527. The first-order valence-corrected chi connectivity index (χ1v) is 4.91. The van der Waals surface area contributed by atoms with E-state index in [9.17, 15) is 5.11 Å². The molecule has 1 fully saturated rings. The first kappa shape index (κ1) is 9.39. The van der Waals surface area contributed by atoms with Gasteiger partial charge in [-0.15, -0.1) is 0 Å². The Morgan fingerprint density at radius 2 is 2.43 bits per heavy atom. The standard InChI is InChI=1S/C8H15N5O/c1-13-8(10-11-12-13)9-5-7(14)6-3-2-4-6/h6-7,14H,2-5H2,1H3,(H,9,10,12). The van der Waals surface area contributed by atoms with Crippen LogP contribution >= 0.6 is 0 Å². The predicted molar refractivity (Wildman–Crippen MR) is 50.6 cm³/mol. The van der Waals surface area contributed by atoms with Crippen molar-refractivity contribution in [2.45, 2.75) is 25.4 Å². The van der Waals surface area contributed by atoms with Crippen LogP contribution in [0, 0.1) is 5.92 Å². The second kappa shape index (κ2) is 3.91. The molecule has 0 amide bonds. The van der Waals surface area contributed by atoms with Crippen LogP contribution in [-0.4, -0.2) is 38.0 Å². The molecule has 0 aromatic carbocycles. The summed E-state index contributed by atoms with van der Waals surface area (Å²) in [7, 11) is 1.76. The first-order chi connectivity index (χ1) is 6.77. The van der Waals surface area contributed by atoms with E-state index >= 15 is 0 Å². The van der Waals surface area contributed by atoms with E-state index in [-0.39, 0.29) is 6.10 Å². The Hall–Kier alpha value is -1.17. The van der Waals surface area contributed by atoms with Crippen molar-refractivity contribution >= 4 is 5.95 Å². The third-order valence-electron chi connectivity index (χ3n) is 2.78. The van der Waals surface area contributed by atoms with Gasteiger partial charge in [-0.3, -0.25) is 0 Å². The van der Waals surface area contributed by atoms with E-state index in [1.807, 2.05) is 0 Å². The SMILES string of the molecule is Cn1nnnc1NCC(O)C1CCC1. The topological polar surface area (TPSA) is 75.9 Å². The smallest absolute Gasteiger partial charge is 0.242 e. The largest absolute Gasteiger partial charge is 0.391 e. The van der Waals surface area contributed by atoms with Crippen LogP contribution in [0.4, 0.5) is 5.95 Å². The van der Waals surface area contributed by atoms with Crippen LogP contribution in [0.3, 0.4) is 0 Å². The van der Waals surface area contributed by atoms with E-state index in [0.29, 0.717) is 18.4 Å². The van der Waals surface area contributed by atoms with Crippen molar-refractivity contribution in [3.63, 3.8) is 0 Å². The maximum absolute atomic E-state index is 9.72. The number of aliphatic hydroxyl groups is 1. The molecule has 6 nitrogen and oxygen atoms in total. The van der Waals surface area contributed by atoms with Crippen LogP contribution in [0.15, 0.2) is 0 Å². The minimum Gasteiger partial charge on any atom is -0.391 e. The number of hydrogen-bond acceptors (Lipinski definition) is 5. The van der Waals surface area contributed by atoms with Crippen LogP contribution in [0.25, 0.3) is 0 Å². The lowest BCUT2D eigenvalue weighted by atomic mass is 9.81. The lowest BCUT2D eigenvalue weighted by molar-refractivity contribution is 0.0728. The summed E-state index contributed by atoms with van der Waals surface area (Å²) in [5.41, 5.74) is 0. The van der Waals surface area contributed by atoms with Gasteiger partial charge in [0, 0.05) is 13.6 Å². The van der Waals surface area contributed by atoms with E-state index in [4.69, 9.17) is 0 Å². The fraction of sp³-hybridized carbons (Fsp3) is 0.875. The molecule has 0 bridgehead atoms. The first-order valence-electron chi connectivity index (χ1n) is 4.91. The van der Waals surface area contributed by atoms with Gasteiger partial charge in [0.2, 0.25) is 5.95 Å². The maximum atomic E-state index is 9.72. The number of tetrazole rings is 1. The van der Waals surface area contributed by atoms with Crippen LogP contribution in [0.1, 0.15) is 19.3 Å². The van der Waals surface area contributed by atoms with Gasteiger partial charge in [0.05, 0.1) is 6.10 Å². The Morgan fingerprint density at radius 1 is 1.64 bits per heavy atom. The van der Waals surface area contributed by atoms with Gasteiger partial charge in [-0.1, -0.05) is 11.5 Å². The average Bonchev–Trinajstić information content (AvgIpc) is 2.44. The average molecular weight is 197 g/mol. The minimum absolute atomic E-state index is 0.277. The number of aliphatic hydroxyl groups excluding tert-OH is 1. The molecule has 0 aliphatic heterocycles. The molecule has 78 valence electrons. The van der Waals surface area contributed by atoms with Gasteiger partial charge in [0.25, 0.3) is 0 Å². The highest BCUT2D eigenvalue weighted by Crippen LogP contribution is 2.29. The fourth-order valence-corrected chi connectivity index (χ4v) is 1.57. The van der Waals surface area contributed by atoms with E-state index in [2.05, 4.69) is 20.8 Å². The van der Waals surface area contributed by atoms with Gasteiger partial charge in [0.15, 0.2) is 0 Å². The van der Waals surface area contributed by atoms with Crippen LogP contribution < -0.4 is 5.32 Å². The fourth-order valence-electron chi connectivity index (χ4n) is 1.57. The second-order valence-corrected chi connectivity index (χ2v) is 3.77. The molecule has 0 saturated heterocycles. The monoisotopic (exact) mass is 197 g/mol. The Kier molecular flexibility index (Phi) is 2.62. The molecule has 1 aliphatic rings. The predicted octanol–water partition coefficient (Wildman–Crippen LogP) is -0.217. The molecule has 14 heavy (non-hydrogen) atoms. The van der Waals surface area contributed by atoms with Gasteiger partial charge < -0.3 is 10.4 Å². The second-order valence-electron chi connectivity index (χ2n) is 3.77. The van der Waals surface area contributed by atoms with Gasteiger partial charge in [-0.05, 0) is 29.2 Å². The molecule has 1 unspecified atom stereocenters. The summed E-state index contributed by atoms with van der Waals surface area (Å²) >= 11 is 0. The summed E-state index contributed by atoms with van der Waals surface area (Å²) in [6, 6.07) is 0. The van der Waals surface area contributed by atoms with Gasteiger partial charge in [-0.2, -0.15) is 0 Å². The third-order valence-corrected chi connectivity index (χ3v) is 2.78. The molecule has 2 rings (SSSR count). The zero-order valence-electron chi connectivity index (χ0n) is 8.22. The highest BCUT2D eigenvalue weighted by atomic mass is 16.3. The molecule has 1 aromatic heterocycles. The normalized spacial score (nSPS) is 19.0. The van der Waals surface area contributed by atoms with Gasteiger partial charge in [-0.25, -0.2) is 4.68 Å². The summed E-state index contributed by atoms with van der Waals surface area (Å²) in [4.78, 5) is 0. The molecule has 1 heterocycles. The summed E-state index contributed by atoms with van der Waals surface area (Å²) in [6.07, 6.45) is 3.24. The van der Waals surface area contributed by atoms with Crippen molar-refractivity contribution < 1.29 is 5.11 Å². The van der Waals surface area contributed by atoms with Crippen molar-refractivity contribution in [3.05, 3.63) is 0 Å². The lowest BCUT2D eigenvalue weighted by Gasteiger charge is -2.30. The third kappa shape index (κ3) is 1.84. The molecular weight excluding hydrogens is 182 g/mol. The van der Waals surface area contributed by atoms with Gasteiger partial charge in [0.1, 0.15) is 0 Å². The number of aryl methyl sites for hydroxylation is 1. The lowest BCUT2D eigenvalue weighted by Crippen LogP contribution is -2.33. The Morgan fingerprint density at radius 3 is 2.93 bits per heavy atom. The number of hydrogen-bond donors (Lipinski definition) is 2. The van der Waals surface area contributed by atoms with Crippen molar-refractivity contribution in [1.82, 2.24) is 20.2 Å². The highest BCUT2D eigenvalue weighted by molar-refractivity contribution is 5.21. The summed E-state index contributed by atoms with van der Waals surface area (Å²) in [5, 5.41) is 23.7. The highest BCUT2D eigenvalue weighted by Gasteiger charge is 2.25.